The summed E-state index contributed by atoms with van der Waals surface area (Å²) in [4.78, 5) is 11.9. The molecule has 3 nitrogen and oxygen atoms in total. The van der Waals surface area contributed by atoms with E-state index in [1.807, 2.05) is 13.8 Å². The lowest BCUT2D eigenvalue weighted by Crippen LogP contribution is -2.37. The average Bonchev–Trinajstić information content (AvgIpc) is 2.21. The highest BCUT2D eigenvalue weighted by Crippen LogP contribution is 2.21. The van der Waals surface area contributed by atoms with Gasteiger partial charge in [0.1, 0.15) is 0 Å². The Hall–Kier alpha value is -1.35. The molecule has 1 aromatic rings. The van der Waals surface area contributed by atoms with E-state index in [0.717, 1.165) is 16.8 Å². The molecular weight excluding hydrogens is 236 g/mol. The van der Waals surface area contributed by atoms with Crippen LogP contribution >= 0.6 is 0 Å². The zero-order chi connectivity index (χ0) is 14.6. The van der Waals surface area contributed by atoms with Crippen LogP contribution in [0.3, 0.4) is 0 Å². The van der Waals surface area contributed by atoms with Crippen molar-refractivity contribution in [3.05, 3.63) is 28.8 Å². The fourth-order valence-electron chi connectivity index (χ4n) is 2.13. The summed E-state index contributed by atoms with van der Waals surface area (Å²) in [6.07, 6.45) is 0.490. The fourth-order valence-corrected chi connectivity index (χ4v) is 2.13. The van der Waals surface area contributed by atoms with Crippen LogP contribution in [0.4, 0.5) is 5.69 Å². The van der Waals surface area contributed by atoms with Crippen LogP contribution in [0, 0.1) is 20.8 Å². The van der Waals surface area contributed by atoms with Gasteiger partial charge in [-0.05, 0) is 52.7 Å². The first-order valence-electron chi connectivity index (χ1n) is 6.82. The van der Waals surface area contributed by atoms with Crippen molar-refractivity contribution in [1.29, 1.82) is 0 Å². The van der Waals surface area contributed by atoms with Crippen molar-refractivity contribution >= 4 is 11.6 Å². The number of anilines is 1. The van der Waals surface area contributed by atoms with Crippen molar-refractivity contribution in [2.45, 2.75) is 53.5 Å². The largest absolute Gasteiger partial charge is 0.326 e. The molecule has 106 valence electrons. The number of amides is 1. The predicted molar refractivity (Wildman–Crippen MR) is 81.7 cm³/mol. The van der Waals surface area contributed by atoms with Gasteiger partial charge in [-0.1, -0.05) is 17.7 Å². The van der Waals surface area contributed by atoms with Gasteiger partial charge in [0.05, 0.1) is 0 Å². The number of hydrogen-bond acceptors (Lipinski definition) is 2. The number of hydrogen-bond donors (Lipinski definition) is 2. The molecule has 0 aliphatic rings. The van der Waals surface area contributed by atoms with Crippen molar-refractivity contribution in [3.8, 4) is 0 Å². The molecule has 0 heterocycles. The molecule has 2 N–H and O–H groups in total. The molecule has 0 bridgehead atoms. The Bertz CT molecular complexity index is 435. The highest BCUT2D eigenvalue weighted by Gasteiger charge is 2.11. The second kappa shape index (κ2) is 6.20. The van der Waals surface area contributed by atoms with E-state index in [0.29, 0.717) is 13.0 Å². The summed E-state index contributed by atoms with van der Waals surface area (Å²) in [5.74, 6) is 0.0619. The topological polar surface area (TPSA) is 41.1 Å². The SMILES string of the molecule is Cc1cc(C)c(NC(=O)CCNC(C)(C)C)c(C)c1. The Labute approximate surface area is 116 Å². The van der Waals surface area contributed by atoms with E-state index in [-0.39, 0.29) is 11.4 Å². The van der Waals surface area contributed by atoms with E-state index in [2.05, 4.69) is 50.5 Å². The molecule has 0 saturated heterocycles. The van der Waals surface area contributed by atoms with E-state index >= 15 is 0 Å². The van der Waals surface area contributed by atoms with Gasteiger partial charge in [-0.25, -0.2) is 0 Å². The van der Waals surface area contributed by atoms with Crippen LogP contribution in [0.5, 0.6) is 0 Å². The van der Waals surface area contributed by atoms with Crippen LogP contribution in [0.2, 0.25) is 0 Å². The number of carbonyl (C=O) groups excluding carboxylic acids is 1. The minimum atomic E-state index is 0.0516. The van der Waals surface area contributed by atoms with Crippen molar-refractivity contribution in [2.24, 2.45) is 0 Å². The number of rotatable bonds is 4. The molecule has 0 fully saturated rings. The summed E-state index contributed by atoms with van der Waals surface area (Å²) >= 11 is 0. The van der Waals surface area contributed by atoms with Crippen molar-refractivity contribution < 1.29 is 4.79 Å². The summed E-state index contributed by atoms with van der Waals surface area (Å²) in [5.41, 5.74) is 4.47. The Morgan fingerprint density at radius 1 is 1.11 bits per heavy atom. The maximum absolute atomic E-state index is 11.9. The molecule has 1 amide bonds. The van der Waals surface area contributed by atoms with Crippen LogP contribution in [-0.4, -0.2) is 18.0 Å². The molecule has 0 saturated carbocycles. The van der Waals surface area contributed by atoms with Gasteiger partial charge in [0, 0.05) is 24.2 Å². The Morgan fingerprint density at radius 3 is 2.11 bits per heavy atom. The maximum atomic E-state index is 11.9. The molecule has 1 aromatic carbocycles. The maximum Gasteiger partial charge on any atom is 0.225 e. The van der Waals surface area contributed by atoms with E-state index < -0.39 is 0 Å². The third-order valence-corrected chi connectivity index (χ3v) is 2.95. The van der Waals surface area contributed by atoms with E-state index in [9.17, 15) is 4.79 Å². The Kier molecular flexibility index (Phi) is 5.12. The molecule has 19 heavy (non-hydrogen) atoms. The monoisotopic (exact) mass is 262 g/mol. The minimum Gasteiger partial charge on any atom is -0.326 e. The first-order valence-corrected chi connectivity index (χ1v) is 6.82. The molecule has 0 atom stereocenters. The molecule has 0 radical (unpaired) electrons. The smallest absolute Gasteiger partial charge is 0.225 e. The molecule has 0 unspecified atom stereocenters. The van der Waals surface area contributed by atoms with Crippen molar-refractivity contribution in [2.75, 3.05) is 11.9 Å². The number of nitrogens with one attached hydrogen (secondary N) is 2. The summed E-state index contributed by atoms with van der Waals surface area (Å²) in [5, 5.41) is 6.33. The number of carbonyl (C=O) groups is 1. The van der Waals surface area contributed by atoms with Gasteiger partial charge in [0.25, 0.3) is 0 Å². The van der Waals surface area contributed by atoms with Crippen LogP contribution < -0.4 is 10.6 Å². The summed E-state index contributed by atoms with van der Waals surface area (Å²) in [6, 6.07) is 4.19. The quantitative estimate of drug-likeness (QED) is 0.874. The molecule has 0 aliphatic heterocycles. The highest BCUT2D eigenvalue weighted by atomic mass is 16.1. The normalized spacial score (nSPS) is 11.5. The molecule has 0 spiro atoms. The second-order valence-electron chi connectivity index (χ2n) is 6.25. The van der Waals surface area contributed by atoms with Crippen molar-refractivity contribution in [3.63, 3.8) is 0 Å². The summed E-state index contributed by atoms with van der Waals surface area (Å²) < 4.78 is 0. The van der Waals surface area contributed by atoms with Crippen molar-refractivity contribution in [1.82, 2.24) is 5.32 Å². The first-order chi connectivity index (χ1) is 8.69. The summed E-state index contributed by atoms with van der Waals surface area (Å²) in [7, 11) is 0. The second-order valence-corrected chi connectivity index (χ2v) is 6.25. The number of benzene rings is 1. The lowest BCUT2D eigenvalue weighted by molar-refractivity contribution is -0.116. The fraction of sp³-hybridized carbons (Fsp3) is 0.562. The molecule has 0 aromatic heterocycles. The van der Waals surface area contributed by atoms with Crippen LogP contribution in [0.25, 0.3) is 0 Å². The zero-order valence-electron chi connectivity index (χ0n) is 13.0. The number of aryl methyl sites for hydroxylation is 3. The molecule has 1 rings (SSSR count). The minimum absolute atomic E-state index is 0.0516. The standard InChI is InChI=1S/C16H26N2O/c1-11-9-12(2)15(13(3)10-11)18-14(19)7-8-17-16(4,5)6/h9-10,17H,7-8H2,1-6H3,(H,18,19). The molecule has 3 heteroatoms. The first kappa shape index (κ1) is 15.7. The van der Waals surface area contributed by atoms with E-state index in [1.54, 1.807) is 0 Å². The lowest BCUT2D eigenvalue weighted by Gasteiger charge is -2.20. The van der Waals surface area contributed by atoms with Gasteiger partial charge < -0.3 is 10.6 Å². The van der Waals surface area contributed by atoms with E-state index in [1.165, 1.54) is 5.56 Å². The van der Waals surface area contributed by atoms with Crippen LogP contribution in [-0.2, 0) is 4.79 Å². The van der Waals surface area contributed by atoms with E-state index in [4.69, 9.17) is 0 Å². The third kappa shape index (κ3) is 5.43. The average molecular weight is 262 g/mol. The zero-order valence-corrected chi connectivity index (χ0v) is 13.0. The van der Waals surface area contributed by atoms with Gasteiger partial charge in [0.2, 0.25) is 5.91 Å². The molecular formula is C16H26N2O. The highest BCUT2D eigenvalue weighted by molar-refractivity contribution is 5.92. The van der Waals surface area contributed by atoms with Gasteiger partial charge >= 0.3 is 0 Å². The van der Waals surface area contributed by atoms with Gasteiger partial charge in [-0.2, -0.15) is 0 Å². The summed E-state index contributed by atoms with van der Waals surface area (Å²) in [6.45, 7) is 13.1. The molecule has 0 aliphatic carbocycles. The van der Waals surface area contributed by atoms with Gasteiger partial charge in [-0.3, -0.25) is 4.79 Å². The third-order valence-electron chi connectivity index (χ3n) is 2.95. The van der Waals surface area contributed by atoms with Crippen LogP contribution in [0.15, 0.2) is 12.1 Å². The van der Waals surface area contributed by atoms with Crippen LogP contribution in [0.1, 0.15) is 43.9 Å². The lowest BCUT2D eigenvalue weighted by atomic mass is 10.0. The van der Waals surface area contributed by atoms with Gasteiger partial charge in [0.15, 0.2) is 0 Å². The Morgan fingerprint density at radius 2 is 1.63 bits per heavy atom. The Balaban J connectivity index is 2.58. The predicted octanol–water partition coefficient (Wildman–Crippen LogP) is 3.33. The van der Waals surface area contributed by atoms with Gasteiger partial charge in [-0.15, -0.1) is 0 Å².